The van der Waals surface area contributed by atoms with Crippen LogP contribution in [0.1, 0.15) is 5.56 Å². The number of carbonyl (C=O) groups excluding carboxylic acids is 1. The third kappa shape index (κ3) is 5.16. The van der Waals surface area contributed by atoms with Gasteiger partial charge in [-0.25, -0.2) is 4.98 Å². The van der Waals surface area contributed by atoms with E-state index in [0.717, 1.165) is 29.1 Å². The molecule has 0 saturated carbocycles. The Morgan fingerprint density at radius 1 is 1.07 bits per heavy atom. The van der Waals surface area contributed by atoms with E-state index in [1.807, 2.05) is 0 Å². The summed E-state index contributed by atoms with van der Waals surface area (Å²) in [7, 11) is 0. The minimum Gasteiger partial charge on any atom is -0.323 e. The Morgan fingerprint density at radius 2 is 1.76 bits per heavy atom. The Labute approximate surface area is 172 Å². The van der Waals surface area contributed by atoms with E-state index in [1.54, 1.807) is 6.07 Å². The van der Waals surface area contributed by atoms with Crippen LogP contribution in [0.2, 0.25) is 10.0 Å². The van der Waals surface area contributed by atoms with Crippen LogP contribution < -0.4 is 10.9 Å². The van der Waals surface area contributed by atoms with E-state index in [9.17, 15) is 22.8 Å². The first-order valence-electron chi connectivity index (χ1n) is 8.12. The second kappa shape index (κ2) is 8.26. The van der Waals surface area contributed by atoms with E-state index in [1.165, 1.54) is 24.3 Å². The molecule has 0 fully saturated rings. The number of rotatable bonds is 4. The van der Waals surface area contributed by atoms with Crippen LogP contribution >= 0.6 is 23.2 Å². The molecule has 3 aromatic rings. The molecule has 150 valence electrons. The monoisotopic (exact) mass is 441 g/mol. The van der Waals surface area contributed by atoms with E-state index >= 15 is 0 Å². The second-order valence-corrected chi connectivity index (χ2v) is 6.83. The van der Waals surface area contributed by atoms with Crippen LogP contribution in [-0.2, 0) is 17.5 Å². The molecule has 0 radical (unpaired) electrons. The number of amides is 1. The summed E-state index contributed by atoms with van der Waals surface area (Å²) in [5.74, 6) is -0.514. The number of nitrogens with one attached hydrogen (secondary N) is 1. The summed E-state index contributed by atoms with van der Waals surface area (Å²) in [6.45, 7) is -0.321. The third-order valence-corrected chi connectivity index (χ3v) is 4.45. The summed E-state index contributed by atoms with van der Waals surface area (Å²) in [6, 6.07) is 9.95. The average molecular weight is 442 g/mol. The number of nitrogens with zero attached hydrogens (tertiary/aromatic N) is 2. The molecule has 5 nitrogen and oxygen atoms in total. The molecule has 3 rings (SSSR count). The molecule has 1 heterocycles. The van der Waals surface area contributed by atoms with E-state index in [-0.39, 0.29) is 17.3 Å². The lowest BCUT2D eigenvalue weighted by Crippen LogP contribution is -2.27. The Kier molecular flexibility index (Phi) is 5.95. The highest BCUT2D eigenvalue weighted by molar-refractivity contribution is 6.36. The molecule has 0 atom stereocenters. The number of alkyl halides is 3. The first-order valence-corrected chi connectivity index (χ1v) is 8.88. The molecule has 1 N–H and O–H groups in total. The van der Waals surface area contributed by atoms with Gasteiger partial charge < -0.3 is 5.32 Å². The van der Waals surface area contributed by atoms with Crippen molar-refractivity contribution in [3.8, 4) is 11.3 Å². The summed E-state index contributed by atoms with van der Waals surface area (Å²) >= 11 is 11.8. The van der Waals surface area contributed by atoms with E-state index in [0.29, 0.717) is 16.3 Å². The molecule has 0 saturated heterocycles. The summed E-state index contributed by atoms with van der Waals surface area (Å²) in [4.78, 5) is 28.5. The lowest BCUT2D eigenvalue weighted by molar-refractivity contribution is -0.137. The van der Waals surface area contributed by atoms with Crippen molar-refractivity contribution >= 4 is 34.8 Å². The topological polar surface area (TPSA) is 64.0 Å². The highest BCUT2D eigenvalue weighted by Crippen LogP contribution is 2.30. The first kappa shape index (κ1) is 20.9. The predicted octanol–water partition coefficient (Wildman–Crippen LogP) is 4.87. The van der Waals surface area contributed by atoms with Crippen molar-refractivity contribution < 1.29 is 18.0 Å². The van der Waals surface area contributed by atoms with Gasteiger partial charge in [-0.2, -0.15) is 13.2 Å². The van der Waals surface area contributed by atoms with Gasteiger partial charge in [0.05, 0.1) is 28.3 Å². The second-order valence-electron chi connectivity index (χ2n) is 5.99. The van der Waals surface area contributed by atoms with Gasteiger partial charge in [0.25, 0.3) is 5.56 Å². The Morgan fingerprint density at radius 3 is 2.34 bits per heavy atom. The van der Waals surface area contributed by atoms with Crippen LogP contribution in [0, 0.1) is 0 Å². The molecule has 2 aromatic carbocycles. The highest BCUT2D eigenvalue weighted by atomic mass is 35.5. The van der Waals surface area contributed by atoms with Crippen molar-refractivity contribution in [3.05, 3.63) is 80.8 Å². The number of carbonyl (C=O) groups is 1. The molecule has 0 unspecified atom stereocenters. The summed E-state index contributed by atoms with van der Waals surface area (Å²) in [6.07, 6.45) is -3.30. The zero-order valence-corrected chi connectivity index (χ0v) is 16.0. The lowest BCUT2D eigenvalue weighted by atomic mass is 10.1. The minimum atomic E-state index is -4.45. The quantitative estimate of drug-likeness (QED) is 0.627. The van der Waals surface area contributed by atoms with E-state index in [4.69, 9.17) is 23.2 Å². The fraction of sp³-hybridized carbons (Fsp3) is 0.105. The van der Waals surface area contributed by atoms with Crippen LogP contribution in [0.4, 0.5) is 18.9 Å². The van der Waals surface area contributed by atoms with Gasteiger partial charge in [-0.3, -0.25) is 14.2 Å². The SMILES string of the molecule is O=C(Cn1cnc(-c2ccc(C(F)(F)F)cc2)cc1=O)Nc1ccc(Cl)cc1Cl. The maximum Gasteiger partial charge on any atom is 0.416 e. The normalized spacial score (nSPS) is 11.3. The van der Waals surface area contributed by atoms with Gasteiger partial charge >= 0.3 is 6.18 Å². The Bertz CT molecular complexity index is 1110. The maximum atomic E-state index is 12.6. The van der Waals surface area contributed by atoms with Crippen LogP contribution in [-0.4, -0.2) is 15.5 Å². The van der Waals surface area contributed by atoms with Crippen molar-refractivity contribution in [2.75, 3.05) is 5.32 Å². The summed E-state index contributed by atoms with van der Waals surface area (Å²) in [5, 5.41) is 3.21. The molecular formula is C19H12Cl2F3N3O2. The summed E-state index contributed by atoms with van der Waals surface area (Å²) < 4.78 is 39.0. The third-order valence-electron chi connectivity index (χ3n) is 3.91. The van der Waals surface area contributed by atoms with Gasteiger partial charge in [0, 0.05) is 16.7 Å². The van der Waals surface area contributed by atoms with Crippen molar-refractivity contribution in [2.24, 2.45) is 0 Å². The molecule has 0 aliphatic rings. The van der Waals surface area contributed by atoms with Crippen LogP contribution in [0.3, 0.4) is 0 Å². The van der Waals surface area contributed by atoms with Gasteiger partial charge in [-0.05, 0) is 30.3 Å². The Hall–Kier alpha value is -2.84. The molecular weight excluding hydrogens is 430 g/mol. The van der Waals surface area contributed by atoms with Crippen LogP contribution in [0.15, 0.2) is 59.7 Å². The fourth-order valence-electron chi connectivity index (χ4n) is 2.47. The molecule has 10 heteroatoms. The molecule has 0 bridgehead atoms. The van der Waals surface area contributed by atoms with Gasteiger partial charge in [0.15, 0.2) is 0 Å². The largest absolute Gasteiger partial charge is 0.416 e. The van der Waals surface area contributed by atoms with Gasteiger partial charge in [0.1, 0.15) is 6.54 Å². The standard InChI is InChI=1S/C19H12Cl2F3N3O2/c20-13-5-6-15(14(21)7-13)26-17(28)9-27-10-25-16(8-18(27)29)11-1-3-12(4-2-11)19(22,23)24/h1-8,10H,9H2,(H,26,28). The smallest absolute Gasteiger partial charge is 0.323 e. The summed E-state index contributed by atoms with van der Waals surface area (Å²) in [5.41, 5.74) is -0.455. The number of hydrogen-bond donors (Lipinski definition) is 1. The number of benzene rings is 2. The Balaban J connectivity index is 1.74. The maximum absolute atomic E-state index is 12.6. The zero-order chi connectivity index (χ0) is 21.2. The molecule has 0 aliphatic carbocycles. The van der Waals surface area contributed by atoms with Gasteiger partial charge in [0.2, 0.25) is 5.91 Å². The molecule has 1 amide bonds. The lowest BCUT2D eigenvalue weighted by Gasteiger charge is -2.10. The van der Waals surface area contributed by atoms with E-state index < -0.39 is 23.2 Å². The van der Waals surface area contributed by atoms with Gasteiger partial charge in [-0.15, -0.1) is 0 Å². The van der Waals surface area contributed by atoms with Crippen molar-refractivity contribution in [1.29, 1.82) is 0 Å². The van der Waals surface area contributed by atoms with Crippen LogP contribution in [0.25, 0.3) is 11.3 Å². The van der Waals surface area contributed by atoms with Gasteiger partial charge in [-0.1, -0.05) is 35.3 Å². The van der Waals surface area contributed by atoms with Crippen molar-refractivity contribution in [3.63, 3.8) is 0 Å². The van der Waals surface area contributed by atoms with Crippen molar-refractivity contribution in [2.45, 2.75) is 12.7 Å². The minimum absolute atomic E-state index is 0.195. The number of halogens is 5. The van der Waals surface area contributed by atoms with Crippen molar-refractivity contribution in [1.82, 2.24) is 9.55 Å². The van der Waals surface area contributed by atoms with Crippen LogP contribution in [0.5, 0.6) is 0 Å². The number of anilines is 1. The zero-order valence-electron chi connectivity index (χ0n) is 14.5. The molecule has 0 aliphatic heterocycles. The number of aromatic nitrogens is 2. The molecule has 29 heavy (non-hydrogen) atoms. The highest BCUT2D eigenvalue weighted by Gasteiger charge is 2.30. The fourth-order valence-corrected chi connectivity index (χ4v) is 2.92. The molecule has 1 aromatic heterocycles. The average Bonchev–Trinajstić information content (AvgIpc) is 2.65. The first-order chi connectivity index (χ1) is 13.6. The predicted molar refractivity (Wildman–Crippen MR) is 104 cm³/mol. The molecule has 0 spiro atoms. The number of hydrogen-bond acceptors (Lipinski definition) is 3. The van der Waals surface area contributed by atoms with E-state index in [2.05, 4.69) is 10.3 Å².